The van der Waals surface area contributed by atoms with Crippen LogP contribution < -0.4 is 5.32 Å². The zero-order valence-electron chi connectivity index (χ0n) is 11.3. The third-order valence-electron chi connectivity index (χ3n) is 3.87. The number of urea groups is 1. The molecule has 1 saturated carbocycles. The Morgan fingerprint density at radius 1 is 1.45 bits per heavy atom. The number of carbonyl (C=O) groups excluding carboxylic acids is 1. The van der Waals surface area contributed by atoms with Crippen LogP contribution in [0, 0.1) is 0 Å². The summed E-state index contributed by atoms with van der Waals surface area (Å²) in [6.45, 7) is 0. The van der Waals surface area contributed by atoms with Crippen molar-refractivity contribution in [2.45, 2.75) is 44.1 Å². The van der Waals surface area contributed by atoms with Crippen LogP contribution in [0.1, 0.15) is 38.5 Å². The molecule has 0 saturated heterocycles. The first kappa shape index (κ1) is 14.7. The van der Waals surface area contributed by atoms with Crippen LogP contribution in [-0.4, -0.2) is 44.2 Å². The number of carboxylic acids is 1. The number of carbonyl (C=O) groups is 2. The lowest BCUT2D eigenvalue weighted by Crippen LogP contribution is -2.53. The number of nitrogens with zero attached hydrogens (tertiary/aromatic N) is 3. The summed E-state index contributed by atoms with van der Waals surface area (Å²) in [6, 6.07) is -0.306. The standard InChI is InChI=1S/C12H18N4O3S/c1-16(11(19)14-9-8-13-15-20-9)12(7-10(17)18)5-3-2-4-6-12/h8H,2-7H2,1H3,(H,14,19)(H,17,18). The quantitative estimate of drug-likeness (QED) is 0.888. The molecule has 1 aliphatic carbocycles. The van der Waals surface area contributed by atoms with Gasteiger partial charge in [0.2, 0.25) is 0 Å². The molecule has 1 fully saturated rings. The minimum absolute atomic E-state index is 0.0160. The van der Waals surface area contributed by atoms with E-state index < -0.39 is 11.5 Å². The van der Waals surface area contributed by atoms with Crippen molar-refractivity contribution in [3.8, 4) is 0 Å². The van der Waals surface area contributed by atoms with E-state index in [-0.39, 0.29) is 12.5 Å². The number of anilines is 1. The molecule has 0 radical (unpaired) electrons. The highest BCUT2D eigenvalue weighted by Crippen LogP contribution is 2.36. The van der Waals surface area contributed by atoms with Gasteiger partial charge in [0, 0.05) is 18.6 Å². The predicted octanol–water partition coefficient (Wildman–Crippen LogP) is 2.18. The Morgan fingerprint density at radius 3 is 2.70 bits per heavy atom. The zero-order valence-corrected chi connectivity index (χ0v) is 12.2. The average molecular weight is 298 g/mol. The summed E-state index contributed by atoms with van der Waals surface area (Å²) >= 11 is 1.09. The Kier molecular flexibility index (Phi) is 4.53. The normalized spacial score (nSPS) is 17.4. The van der Waals surface area contributed by atoms with Gasteiger partial charge >= 0.3 is 12.0 Å². The Morgan fingerprint density at radius 2 is 2.15 bits per heavy atom. The summed E-state index contributed by atoms with van der Waals surface area (Å²) in [4.78, 5) is 25.0. The Hall–Kier alpha value is -1.70. The lowest BCUT2D eigenvalue weighted by atomic mass is 9.78. The van der Waals surface area contributed by atoms with Crippen LogP contribution in [0.5, 0.6) is 0 Å². The summed E-state index contributed by atoms with van der Waals surface area (Å²) in [5.41, 5.74) is -0.591. The van der Waals surface area contributed by atoms with Gasteiger partial charge in [-0.15, -0.1) is 5.10 Å². The van der Waals surface area contributed by atoms with Gasteiger partial charge in [0.1, 0.15) is 5.00 Å². The minimum Gasteiger partial charge on any atom is -0.481 e. The molecule has 110 valence electrons. The summed E-state index contributed by atoms with van der Waals surface area (Å²) in [6.07, 6.45) is 5.91. The van der Waals surface area contributed by atoms with E-state index in [2.05, 4.69) is 14.9 Å². The number of aromatic nitrogens is 2. The number of rotatable bonds is 4. The van der Waals surface area contributed by atoms with E-state index in [4.69, 9.17) is 5.11 Å². The van der Waals surface area contributed by atoms with Crippen molar-refractivity contribution < 1.29 is 14.7 Å². The van der Waals surface area contributed by atoms with Crippen molar-refractivity contribution in [1.82, 2.24) is 14.5 Å². The van der Waals surface area contributed by atoms with Crippen LogP contribution >= 0.6 is 11.5 Å². The van der Waals surface area contributed by atoms with Crippen LogP contribution in [0.3, 0.4) is 0 Å². The number of amides is 2. The van der Waals surface area contributed by atoms with E-state index >= 15 is 0 Å². The number of hydrogen-bond acceptors (Lipinski definition) is 5. The van der Waals surface area contributed by atoms with Crippen molar-refractivity contribution in [2.24, 2.45) is 0 Å². The molecular weight excluding hydrogens is 280 g/mol. The van der Waals surface area contributed by atoms with Gasteiger partial charge < -0.3 is 10.0 Å². The fraction of sp³-hybridized carbons (Fsp3) is 0.667. The smallest absolute Gasteiger partial charge is 0.322 e. The van der Waals surface area contributed by atoms with Crippen LogP contribution in [-0.2, 0) is 4.79 Å². The molecule has 2 amide bonds. The summed E-state index contributed by atoms with van der Waals surface area (Å²) < 4.78 is 3.68. The molecule has 1 aliphatic rings. The number of hydrogen-bond donors (Lipinski definition) is 2. The molecule has 0 spiro atoms. The molecule has 0 unspecified atom stereocenters. The summed E-state index contributed by atoms with van der Waals surface area (Å²) in [7, 11) is 1.66. The van der Waals surface area contributed by atoms with Gasteiger partial charge in [-0.05, 0) is 12.8 Å². The second kappa shape index (κ2) is 6.17. The van der Waals surface area contributed by atoms with Crippen molar-refractivity contribution in [2.75, 3.05) is 12.4 Å². The molecule has 1 aromatic heterocycles. The Labute approximate surface area is 121 Å². The molecular formula is C12H18N4O3S. The predicted molar refractivity (Wildman–Crippen MR) is 74.8 cm³/mol. The maximum Gasteiger partial charge on any atom is 0.322 e. The Bertz CT molecular complexity index is 471. The molecule has 1 heterocycles. The zero-order chi connectivity index (χ0) is 14.6. The van der Waals surface area contributed by atoms with Crippen LogP contribution in [0.4, 0.5) is 9.80 Å². The van der Waals surface area contributed by atoms with Gasteiger partial charge in [-0.3, -0.25) is 10.1 Å². The molecule has 2 rings (SSSR count). The largest absolute Gasteiger partial charge is 0.481 e. The fourth-order valence-corrected chi connectivity index (χ4v) is 3.16. The van der Waals surface area contributed by atoms with Crippen molar-refractivity contribution in [3.63, 3.8) is 0 Å². The first-order valence-electron chi connectivity index (χ1n) is 6.57. The monoisotopic (exact) mass is 298 g/mol. The highest BCUT2D eigenvalue weighted by Gasteiger charge is 2.40. The van der Waals surface area contributed by atoms with E-state index in [0.717, 1.165) is 43.6 Å². The molecule has 2 N–H and O–H groups in total. The molecule has 0 atom stereocenters. The third-order valence-corrected chi connectivity index (χ3v) is 4.45. The second-order valence-corrected chi connectivity index (χ2v) is 5.91. The second-order valence-electron chi connectivity index (χ2n) is 5.13. The van der Waals surface area contributed by atoms with Gasteiger partial charge in [0.05, 0.1) is 18.2 Å². The molecule has 0 bridgehead atoms. The first-order chi connectivity index (χ1) is 9.53. The molecule has 8 heteroatoms. The van der Waals surface area contributed by atoms with Crippen molar-refractivity contribution in [3.05, 3.63) is 6.20 Å². The van der Waals surface area contributed by atoms with Gasteiger partial charge in [-0.2, -0.15) is 0 Å². The summed E-state index contributed by atoms with van der Waals surface area (Å²) in [5, 5.41) is 16.1. The molecule has 0 aliphatic heterocycles. The van der Waals surface area contributed by atoms with Gasteiger partial charge in [-0.25, -0.2) is 4.79 Å². The van der Waals surface area contributed by atoms with Gasteiger partial charge in [0.15, 0.2) is 0 Å². The Balaban J connectivity index is 2.10. The number of nitrogens with one attached hydrogen (secondary N) is 1. The lowest BCUT2D eigenvalue weighted by molar-refractivity contribution is -0.140. The molecule has 20 heavy (non-hydrogen) atoms. The van der Waals surface area contributed by atoms with E-state index in [9.17, 15) is 9.59 Å². The lowest BCUT2D eigenvalue weighted by Gasteiger charge is -2.43. The van der Waals surface area contributed by atoms with E-state index in [1.165, 1.54) is 6.20 Å². The highest BCUT2D eigenvalue weighted by molar-refractivity contribution is 7.10. The molecule has 1 aromatic rings. The maximum absolute atomic E-state index is 12.3. The van der Waals surface area contributed by atoms with Crippen LogP contribution in [0.15, 0.2) is 6.20 Å². The van der Waals surface area contributed by atoms with E-state index in [1.54, 1.807) is 11.9 Å². The highest BCUT2D eigenvalue weighted by atomic mass is 32.1. The number of aliphatic carboxylic acids is 1. The SMILES string of the molecule is CN(C(=O)Nc1cnns1)C1(CC(=O)O)CCCCC1. The maximum atomic E-state index is 12.3. The van der Waals surface area contributed by atoms with E-state index in [0.29, 0.717) is 5.00 Å². The fourth-order valence-electron chi connectivity index (χ4n) is 2.75. The van der Waals surface area contributed by atoms with Gasteiger partial charge in [0.25, 0.3) is 0 Å². The minimum atomic E-state index is -0.869. The topological polar surface area (TPSA) is 95.4 Å². The molecule has 0 aromatic carbocycles. The third kappa shape index (κ3) is 3.24. The number of carboxylic acid groups (broad SMARTS) is 1. The van der Waals surface area contributed by atoms with Crippen molar-refractivity contribution in [1.29, 1.82) is 0 Å². The van der Waals surface area contributed by atoms with E-state index in [1.807, 2.05) is 0 Å². The van der Waals surface area contributed by atoms with Crippen LogP contribution in [0.25, 0.3) is 0 Å². The summed E-state index contributed by atoms with van der Waals surface area (Å²) in [5.74, 6) is -0.869. The van der Waals surface area contributed by atoms with Crippen LogP contribution in [0.2, 0.25) is 0 Å². The van der Waals surface area contributed by atoms with Crippen molar-refractivity contribution >= 4 is 28.5 Å². The average Bonchev–Trinajstić information content (AvgIpc) is 2.91. The molecule has 7 nitrogen and oxygen atoms in total. The van der Waals surface area contributed by atoms with Gasteiger partial charge in [-0.1, -0.05) is 23.8 Å². The first-order valence-corrected chi connectivity index (χ1v) is 7.35.